The van der Waals surface area contributed by atoms with E-state index in [2.05, 4.69) is 0 Å². The molecule has 2 atom stereocenters. The second-order valence-electron chi connectivity index (χ2n) is 4.69. The summed E-state index contributed by atoms with van der Waals surface area (Å²) in [5, 5.41) is -1.84. The van der Waals surface area contributed by atoms with Crippen LogP contribution in [0.25, 0.3) is 0 Å². The number of likely N-dealkylation sites (tertiary alicyclic amines) is 1. The van der Waals surface area contributed by atoms with E-state index in [0.29, 0.717) is 24.2 Å². The number of hydrogen-bond donors (Lipinski definition) is 1. The molecule has 8 nitrogen and oxygen atoms in total. The van der Waals surface area contributed by atoms with Gasteiger partial charge >= 0.3 is 0 Å². The number of rotatable bonds is 9. The maximum absolute atomic E-state index is 11.8. The predicted octanol–water partition coefficient (Wildman–Crippen LogP) is -0.460. The van der Waals surface area contributed by atoms with Crippen molar-refractivity contribution in [2.45, 2.75) is 49.8 Å². The molecule has 9 heteroatoms. The molecule has 2 radical (unpaired) electrons. The Morgan fingerprint density at radius 1 is 1.24 bits per heavy atom. The van der Waals surface area contributed by atoms with Gasteiger partial charge in [0.25, 0.3) is 16.0 Å². The van der Waals surface area contributed by atoms with Gasteiger partial charge in [-0.25, -0.2) is 0 Å². The maximum Gasteiger partial charge on any atom is 0.277 e. The van der Waals surface area contributed by atoms with E-state index in [1.165, 1.54) is 0 Å². The van der Waals surface area contributed by atoms with E-state index in [0.717, 1.165) is 0 Å². The molecule has 1 saturated heterocycles. The number of carbonyl (C=O) groups excluding carboxylic acids is 4. The molecule has 1 rings (SSSR count). The number of hydrogen-bond acceptors (Lipinski definition) is 6. The quantitative estimate of drug-likeness (QED) is 0.346. The minimum Gasteiger partial charge on any atom is -0.291 e. The second kappa shape index (κ2) is 7.41. The first-order chi connectivity index (χ1) is 9.82. The minimum absolute atomic E-state index is 0.137. The van der Waals surface area contributed by atoms with Gasteiger partial charge in [-0.15, -0.1) is 0 Å². The number of unbranched alkanes of at least 4 members (excludes halogenated alkanes) is 3. The van der Waals surface area contributed by atoms with E-state index in [9.17, 15) is 27.6 Å². The summed E-state index contributed by atoms with van der Waals surface area (Å²) in [5.41, 5.74) is 0. The molecule has 0 bridgehead atoms. The molecule has 0 spiro atoms. The highest BCUT2D eigenvalue weighted by molar-refractivity contribution is 7.87. The number of imide groups is 1. The SMILES string of the molecule is O=[C]CCCCCC([C]=O)N1C(=O)CC(S(=O)(=O)O)C1=O. The van der Waals surface area contributed by atoms with Crippen molar-refractivity contribution >= 4 is 34.5 Å². The van der Waals surface area contributed by atoms with Gasteiger partial charge in [-0.05, 0) is 12.8 Å². The summed E-state index contributed by atoms with van der Waals surface area (Å²) >= 11 is 0. The van der Waals surface area contributed by atoms with Gasteiger partial charge < -0.3 is 0 Å². The molecule has 1 aliphatic heterocycles. The molecule has 1 aliphatic rings. The number of amides is 2. The van der Waals surface area contributed by atoms with Crippen LogP contribution in [0.4, 0.5) is 0 Å². The highest BCUT2D eigenvalue weighted by Crippen LogP contribution is 2.23. The van der Waals surface area contributed by atoms with Crippen molar-refractivity contribution < 1.29 is 32.1 Å². The lowest BCUT2D eigenvalue weighted by molar-refractivity contribution is -0.139. The monoisotopic (exact) mass is 317 g/mol. The summed E-state index contributed by atoms with van der Waals surface area (Å²) in [6.45, 7) is 0. The van der Waals surface area contributed by atoms with Crippen molar-refractivity contribution in [3.63, 3.8) is 0 Å². The molecule has 1 fully saturated rings. The van der Waals surface area contributed by atoms with E-state index in [1.54, 1.807) is 12.6 Å². The molecule has 0 saturated carbocycles. The van der Waals surface area contributed by atoms with E-state index in [-0.39, 0.29) is 12.8 Å². The summed E-state index contributed by atoms with van der Waals surface area (Å²) < 4.78 is 30.9. The van der Waals surface area contributed by atoms with Crippen molar-refractivity contribution in [3.8, 4) is 0 Å². The first-order valence-corrected chi connectivity index (χ1v) is 7.88. The Morgan fingerprint density at radius 3 is 2.38 bits per heavy atom. The molecule has 2 unspecified atom stereocenters. The van der Waals surface area contributed by atoms with Crippen LogP contribution in [0.15, 0.2) is 0 Å². The van der Waals surface area contributed by atoms with Crippen molar-refractivity contribution in [2.75, 3.05) is 0 Å². The van der Waals surface area contributed by atoms with Gasteiger partial charge in [0.05, 0.1) is 6.42 Å². The Balaban J connectivity index is 2.68. The molecular weight excluding hydrogens is 302 g/mol. The van der Waals surface area contributed by atoms with Crippen LogP contribution in [0.3, 0.4) is 0 Å². The normalized spacial score (nSPS) is 20.6. The molecule has 0 aromatic carbocycles. The fraction of sp³-hybridized carbons (Fsp3) is 0.667. The van der Waals surface area contributed by atoms with Crippen LogP contribution in [0, 0.1) is 0 Å². The van der Waals surface area contributed by atoms with E-state index < -0.39 is 39.6 Å². The minimum atomic E-state index is -4.68. The summed E-state index contributed by atoms with van der Waals surface area (Å²) in [6, 6.07) is -1.17. The van der Waals surface area contributed by atoms with Crippen LogP contribution in [0.5, 0.6) is 0 Å². The Kier molecular flexibility index (Phi) is 6.16. The van der Waals surface area contributed by atoms with Crippen molar-refractivity contribution in [1.29, 1.82) is 0 Å². The van der Waals surface area contributed by atoms with Gasteiger partial charge in [0.1, 0.15) is 6.04 Å². The second-order valence-corrected chi connectivity index (χ2v) is 6.29. The summed E-state index contributed by atoms with van der Waals surface area (Å²) in [7, 11) is -4.68. The van der Waals surface area contributed by atoms with E-state index >= 15 is 0 Å². The first kappa shape index (κ1) is 17.4. The third-order valence-electron chi connectivity index (χ3n) is 3.21. The van der Waals surface area contributed by atoms with Gasteiger partial charge in [0.2, 0.25) is 12.2 Å². The van der Waals surface area contributed by atoms with Gasteiger partial charge in [0, 0.05) is 6.42 Å². The third kappa shape index (κ3) is 4.43. The molecule has 0 aromatic heterocycles. The highest BCUT2D eigenvalue weighted by Gasteiger charge is 2.48. The molecule has 0 aromatic rings. The smallest absolute Gasteiger partial charge is 0.277 e. The topological polar surface area (TPSA) is 126 Å². The average Bonchev–Trinajstić information content (AvgIpc) is 2.70. The zero-order valence-corrected chi connectivity index (χ0v) is 12.0. The molecule has 116 valence electrons. The number of nitrogens with zero attached hydrogens (tertiary/aromatic N) is 1. The summed E-state index contributed by atoms with van der Waals surface area (Å²) in [4.78, 5) is 45.0. The van der Waals surface area contributed by atoms with Crippen molar-refractivity contribution in [3.05, 3.63) is 0 Å². The van der Waals surface area contributed by atoms with Crippen LogP contribution in [-0.2, 0) is 29.3 Å². The predicted molar refractivity (Wildman–Crippen MR) is 70.1 cm³/mol. The Morgan fingerprint density at radius 2 is 1.90 bits per heavy atom. The standard InChI is InChI=1S/C12H15NO7S/c14-6-4-2-1-3-5-9(8-15)13-11(16)7-10(12(13)17)21(18,19)20/h9-10H,1-5,7H2,(H,18,19,20). The fourth-order valence-corrected chi connectivity index (χ4v) is 2.86. The molecule has 2 amide bonds. The Hall–Kier alpha value is -1.61. The molecule has 1 heterocycles. The van der Waals surface area contributed by atoms with Gasteiger partial charge in [-0.3, -0.25) is 28.6 Å². The lowest BCUT2D eigenvalue weighted by Gasteiger charge is -2.20. The largest absolute Gasteiger partial charge is 0.291 e. The average molecular weight is 317 g/mol. The first-order valence-electron chi connectivity index (χ1n) is 6.37. The van der Waals surface area contributed by atoms with E-state index in [4.69, 9.17) is 4.55 Å². The lowest BCUT2D eigenvalue weighted by atomic mass is 10.1. The lowest BCUT2D eigenvalue weighted by Crippen LogP contribution is -2.43. The van der Waals surface area contributed by atoms with Crippen LogP contribution < -0.4 is 0 Å². The fourth-order valence-electron chi connectivity index (χ4n) is 2.13. The van der Waals surface area contributed by atoms with Crippen LogP contribution >= 0.6 is 0 Å². The van der Waals surface area contributed by atoms with Crippen LogP contribution in [0.2, 0.25) is 0 Å². The van der Waals surface area contributed by atoms with Crippen molar-refractivity contribution in [1.82, 2.24) is 4.90 Å². The molecule has 0 aliphatic carbocycles. The third-order valence-corrected chi connectivity index (χ3v) is 4.29. The molecular formula is C12H15NO7S. The van der Waals surface area contributed by atoms with Crippen molar-refractivity contribution in [2.24, 2.45) is 0 Å². The highest BCUT2D eigenvalue weighted by atomic mass is 32.2. The van der Waals surface area contributed by atoms with Gasteiger partial charge in [-0.2, -0.15) is 8.42 Å². The van der Waals surface area contributed by atoms with Gasteiger partial charge in [0.15, 0.2) is 11.5 Å². The maximum atomic E-state index is 11.8. The van der Waals surface area contributed by atoms with Crippen LogP contribution in [-0.4, -0.2) is 53.5 Å². The van der Waals surface area contributed by atoms with Gasteiger partial charge in [-0.1, -0.05) is 12.8 Å². The summed E-state index contributed by atoms with van der Waals surface area (Å²) in [6.07, 6.45) is 4.65. The van der Waals surface area contributed by atoms with Crippen LogP contribution in [0.1, 0.15) is 38.5 Å². The Bertz CT molecular complexity index is 528. The molecule has 21 heavy (non-hydrogen) atoms. The zero-order chi connectivity index (χ0) is 16.0. The molecule has 1 N–H and O–H groups in total. The summed E-state index contributed by atoms with van der Waals surface area (Å²) in [5.74, 6) is -1.92. The Labute approximate surface area is 122 Å². The zero-order valence-electron chi connectivity index (χ0n) is 11.1. The van der Waals surface area contributed by atoms with E-state index in [1.807, 2.05) is 0 Å². The number of carbonyl (C=O) groups is 2.